The summed E-state index contributed by atoms with van der Waals surface area (Å²) < 4.78 is 37.3. The number of nitrogens with one attached hydrogen (secondary N) is 1. The predicted octanol–water partition coefficient (Wildman–Crippen LogP) is 3.17. The molecule has 0 aliphatic rings. The Morgan fingerprint density at radius 2 is 2.00 bits per heavy atom. The first-order valence-electron chi connectivity index (χ1n) is 6.76. The molecule has 0 spiro atoms. The standard InChI is InChI=1S/C14H18F2N2O5/c1-8(17-13(19)23-14(2,3)4)7-22-12-9(15)5-6-10(11(12)16)18(20)21/h5-6,8H,7H2,1-4H3,(H,17,19). The maximum absolute atomic E-state index is 13.8. The van der Waals surface area contributed by atoms with Gasteiger partial charge in [-0.3, -0.25) is 10.1 Å². The molecule has 0 saturated heterocycles. The van der Waals surface area contributed by atoms with Crippen LogP contribution < -0.4 is 10.1 Å². The fraction of sp³-hybridized carbons (Fsp3) is 0.500. The first-order valence-corrected chi connectivity index (χ1v) is 6.76. The molecule has 7 nitrogen and oxygen atoms in total. The van der Waals surface area contributed by atoms with Gasteiger partial charge in [-0.2, -0.15) is 4.39 Å². The molecule has 0 saturated carbocycles. The average molecular weight is 332 g/mol. The van der Waals surface area contributed by atoms with Crippen LogP contribution in [0.3, 0.4) is 0 Å². The first kappa shape index (κ1) is 18.6. The van der Waals surface area contributed by atoms with Crippen molar-refractivity contribution in [1.29, 1.82) is 0 Å². The Labute approximate surface area is 131 Å². The van der Waals surface area contributed by atoms with E-state index in [2.05, 4.69) is 5.32 Å². The molecule has 1 rings (SSSR count). The Kier molecular flexibility index (Phi) is 5.83. The highest BCUT2D eigenvalue weighted by Gasteiger charge is 2.24. The van der Waals surface area contributed by atoms with Crippen molar-refractivity contribution in [3.63, 3.8) is 0 Å². The van der Waals surface area contributed by atoms with E-state index < -0.39 is 45.7 Å². The predicted molar refractivity (Wildman–Crippen MR) is 77.3 cm³/mol. The summed E-state index contributed by atoms with van der Waals surface area (Å²) in [4.78, 5) is 21.2. The Hall–Kier alpha value is -2.45. The van der Waals surface area contributed by atoms with Gasteiger partial charge < -0.3 is 14.8 Å². The lowest BCUT2D eigenvalue weighted by Gasteiger charge is -2.22. The normalized spacial score (nSPS) is 12.4. The Morgan fingerprint density at radius 1 is 1.39 bits per heavy atom. The van der Waals surface area contributed by atoms with Gasteiger partial charge in [0.2, 0.25) is 5.82 Å². The van der Waals surface area contributed by atoms with Gasteiger partial charge in [-0.05, 0) is 33.8 Å². The van der Waals surface area contributed by atoms with Crippen LogP contribution in [0, 0.1) is 21.7 Å². The molecule has 1 aromatic carbocycles. The maximum atomic E-state index is 13.8. The topological polar surface area (TPSA) is 90.7 Å². The van der Waals surface area contributed by atoms with Crippen LogP contribution in [0.15, 0.2) is 12.1 Å². The second kappa shape index (κ2) is 7.21. The van der Waals surface area contributed by atoms with Crippen LogP contribution in [0.1, 0.15) is 27.7 Å². The molecule has 1 amide bonds. The minimum absolute atomic E-state index is 0.297. The van der Waals surface area contributed by atoms with Gasteiger partial charge in [0.05, 0.1) is 11.0 Å². The summed E-state index contributed by atoms with van der Waals surface area (Å²) in [6.07, 6.45) is -0.714. The monoisotopic (exact) mass is 332 g/mol. The van der Waals surface area contributed by atoms with Crippen molar-refractivity contribution >= 4 is 11.8 Å². The summed E-state index contributed by atoms with van der Waals surface area (Å²) in [6, 6.07) is 0.811. The number of nitrogens with zero attached hydrogens (tertiary/aromatic N) is 1. The second-order valence-electron chi connectivity index (χ2n) is 5.83. The first-order chi connectivity index (χ1) is 10.5. The minimum atomic E-state index is -1.40. The van der Waals surface area contributed by atoms with Crippen molar-refractivity contribution in [2.24, 2.45) is 0 Å². The molecule has 1 unspecified atom stereocenters. The van der Waals surface area contributed by atoms with Crippen LogP contribution in [0.4, 0.5) is 19.3 Å². The molecule has 0 radical (unpaired) electrons. The number of carbonyl (C=O) groups excluding carboxylic acids is 1. The molecule has 0 aliphatic carbocycles. The molecule has 0 heterocycles. The van der Waals surface area contributed by atoms with Gasteiger partial charge >= 0.3 is 11.8 Å². The van der Waals surface area contributed by atoms with Crippen LogP contribution in [-0.2, 0) is 4.74 Å². The third-order valence-corrected chi connectivity index (χ3v) is 2.47. The average Bonchev–Trinajstić information content (AvgIpc) is 2.35. The van der Waals surface area contributed by atoms with Gasteiger partial charge in [0.1, 0.15) is 12.2 Å². The SMILES string of the molecule is CC(COc1c(F)ccc([N+](=O)[O-])c1F)NC(=O)OC(C)(C)C. The molecule has 128 valence electrons. The molecule has 1 N–H and O–H groups in total. The number of ether oxygens (including phenoxy) is 2. The minimum Gasteiger partial charge on any atom is -0.485 e. The van der Waals surface area contributed by atoms with E-state index in [-0.39, 0.29) is 6.61 Å². The zero-order chi connectivity index (χ0) is 17.8. The van der Waals surface area contributed by atoms with Crippen molar-refractivity contribution in [3.8, 4) is 5.75 Å². The van der Waals surface area contributed by atoms with Crippen LogP contribution in [-0.4, -0.2) is 29.3 Å². The molecule has 9 heteroatoms. The summed E-state index contributed by atoms with van der Waals surface area (Å²) in [5, 5.41) is 13.0. The van der Waals surface area contributed by atoms with Gasteiger partial charge in [-0.1, -0.05) is 0 Å². The van der Waals surface area contributed by atoms with E-state index in [4.69, 9.17) is 9.47 Å². The van der Waals surface area contributed by atoms with Gasteiger partial charge in [0.15, 0.2) is 11.6 Å². The van der Waals surface area contributed by atoms with Crippen LogP contribution in [0.25, 0.3) is 0 Å². The van der Waals surface area contributed by atoms with Gasteiger partial charge in [0, 0.05) is 6.07 Å². The van der Waals surface area contributed by atoms with Gasteiger partial charge in [-0.25, -0.2) is 9.18 Å². The summed E-state index contributed by atoms with van der Waals surface area (Å²) in [6.45, 7) is 6.27. The van der Waals surface area contributed by atoms with Crippen LogP contribution in [0.2, 0.25) is 0 Å². The van der Waals surface area contributed by atoms with E-state index in [1.54, 1.807) is 20.8 Å². The number of benzene rings is 1. The number of halogens is 2. The summed E-state index contributed by atoms with van der Waals surface area (Å²) in [5.74, 6) is -3.34. The summed E-state index contributed by atoms with van der Waals surface area (Å²) in [5.41, 5.74) is -1.59. The van der Waals surface area contributed by atoms with Crippen molar-refractivity contribution in [2.75, 3.05) is 6.61 Å². The molecule has 0 bridgehead atoms. The number of rotatable bonds is 5. The summed E-state index contributed by atoms with van der Waals surface area (Å²) in [7, 11) is 0. The van der Waals surface area contributed by atoms with Crippen LogP contribution in [0.5, 0.6) is 5.75 Å². The summed E-state index contributed by atoms with van der Waals surface area (Å²) >= 11 is 0. The van der Waals surface area contributed by atoms with Gasteiger partial charge in [0.25, 0.3) is 0 Å². The number of alkyl carbamates (subject to hydrolysis) is 1. The lowest BCUT2D eigenvalue weighted by atomic mass is 10.2. The molecule has 0 fully saturated rings. The molecule has 1 aromatic rings. The number of hydrogen-bond acceptors (Lipinski definition) is 5. The van der Waals surface area contributed by atoms with E-state index >= 15 is 0 Å². The second-order valence-corrected chi connectivity index (χ2v) is 5.83. The lowest BCUT2D eigenvalue weighted by Crippen LogP contribution is -2.40. The molecular weight excluding hydrogens is 314 g/mol. The molecule has 23 heavy (non-hydrogen) atoms. The van der Waals surface area contributed by atoms with Crippen molar-refractivity contribution in [2.45, 2.75) is 39.3 Å². The van der Waals surface area contributed by atoms with Crippen molar-refractivity contribution < 1.29 is 28.0 Å². The third kappa shape index (κ3) is 5.68. The zero-order valence-electron chi connectivity index (χ0n) is 13.2. The fourth-order valence-electron chi connectivity index (χ4n) is 1.55. The quantitative estimate of drug-likeness (QED) is 0.660. The van der Waals surface area contributed by atoms with E-state index in [0.29, 0.717) is 6.07 Å². The number of nitro groups is 1. The third-order valence-electron chi connectivity index (χ3n) is 2.47. The smallest absolute Gasteiger partial charge is 0.407 e. The van der Waals surface area contributed by atoms with Crippen molar-refractivity contribution in [1.82, 2.24) is 5.32 Å². The highest BCUT2D eigenvalue weighted by molar-refractivity contribution is 5.68. The van der Waals surface area contributed by atoms with Gasteiger partial charge in [-0.15, -0.1) is 0 Å². The van der Waals surface area contributed by atoms with E-state index in [0.717, 1.165) is 6.07 Å². The molecule has 1 atom stereocenters. The number of hydrogen-bond donors (Lipinski definition) is 1. The molecule has 0 aromatic heterocycles. The number of carbonyl (C=O) groups is 1. The van der Waals surface area contributed by atoms with E-state index in [1.807, 2.05) is 0 Å². The maximum Gasteiger partial charge on any atom is 0.407 e. The molecular formula is C14H18F2N2O5. The number of nitro benzene ring substituents is 1. The lowest BCUT2D eigenvalue weighted by molar-refractivity contribution is -0.387. The van der Waals surface area contributed by atoms with E-state index in [1.165, 1.54) is 6.92 Å². The van der Waals surface area contributed by atoms with Crippen molar-refractivity contribution in [3.05, 3.63) is 33.9 Å². The Balaban J connectivity index is 2.70. The molecule has 0 aliphatic heterocycles. The number of amides is 1. The largest absolute Gasteiger partial charge is 0.485 e. The zero-order valence-corrected chi connectivity index (χ0v) is 13.2. The highest BCUT2D eigenvalue weighted by Crippen LogP contribution is 2.29. The Bertz CT molecular complexity index is 602. The fourth-order valence-corrected chi connectivity index (χ4v) is 1.55. The van der Waals surface area contributed by atoms with E-state index in [9.17, 15) is 23.7 Å². The Morgan fingerprint density at radius 3 is 2.52 bits per heavy atom. The van der Waals surface area contributed by atoms with Crippen LogP contribution >= 0.6 is 0 Å². The highest BCUT2D eigenvalue weighted by atomic mass is 19.1.